The van der Waals surface area contributed by atoms with E-state index in [1.165, 1.54) is 5.56 Å². The molecule has 1 N–H and O–H groups in total. The number of anilines is 1. The summed E-state index contributed by atoms with van der Waals surface area (Å²) in [5.41, 5.74) is 2.34. The number of carbonyl (C=O) groups is 2. The molecule has 2 rings (SSSR count). The van der Waals surface area contributed by atoms with Crippen LogP contribution in [-0.4, -0.2) is 29.3 Å². The van der Waals surface area contributed by atoms with Crippen molar-refractivity contribution < 1.29 is 19.4 Å². The van der Waals surface area contributed by atoms with Crippen LogP contribution >= 0.6 is 0 Å². The second-order valence-electron chi connectivity index (χ2n) is 7.36. The van der Waals surface area contributed by atoms with E-state index in [-0.39, 0.29) is 18.4 Å². The molecule has 0 spiro atoms. The van der Waals surface area contributed by atoms with E-state index in [9.17, 15) is 14.7 Å². The van der Waals surface area contributed by atoms with E-state index >= 15 is 0 Å². The van der Waals surface area contributed by atoms with Crippen LogP contribution in [-0.2, 0) is 16.0 Å². The molecule has 1 unspecified atom stereocenters. The summed E-state index contributed by atoms with van der Waals surface area (Å²) in [6, 6.07) is 6.00. The van der Waals surface area contributed by atoms with Crippen LogP contribution in [0.25, 0.3) is 0 Å². The number of aryl methyl sites for hydroxylation is 1. The van der Waals surface area contributed by atoms with Gasteiger partial charge in [0.15, 0.2) is 0 Å². The highest BCUT2D eigenvalue weighted by Crippen LogP contribution is 2.38. The van der Waals surface area contributed by atoms with E-state index < -0.39 is 11.6 Å². The molecule has 1 aliphatic rings. The van der Waals surface area contributed by atoms with E-state index in [1.807, 2.05) is 32.9 Å². The first-order valence-corrected chi connectivity index (χ1v) is 8.56. The molecule has 5 heteroatoms. The van der Waals surface area contributed by atoms with Gasteiger partial charge in [-0.2, -0.15) is 0 Å². The third kappa shape index (κ3) is 4.49. The van der Waals surface area contributed by atoms with Gasteiger partial charge in [-0.1, -0.05) is 25.5 Å². The summed E-state index contributed by atoms with van der Waals surface area (Å²) in [5, 5.41) is 9.19. The van der Waals surface area contributed by atoms with Crippen LogP contribution in [0.4, 0.5) is 10.5 Å². The Kier molecular flexibility index (Phi) is 5.52. The van der Waals surface area contributed by atoms with Gasteiger partial charge < -0.3 is 9.84 Å². The van der Waals surface area contributed by atoms with Crippen LogP contribution in [0.15, 0.2) is 18.2 Å². The van der Waals surface area contributed by atoms with Gasteiger partial charge in [0.05, 0.1) is 12.1 Å². The molecule has 0 radical (unpaired) electrons. The third-order valence-corrected chi connectivity index (χ3v) is 4.10. The van der Waals surface area contributed by atoms with Crippen LogP contribution in [0.5, 0.6) is 0 Å². The Bertz CT molecular complexity index is 618. The number of carbonyl (C=O) groups excluding carboxylic acids is 1. The molecule has 0 fully saturated rings. The Morgan fingerprint density at radius 2 is 2.04 bits per heavy atom. The smallest absolute Gasteiger partial charge is 0.414 e. The molecule has 1 aromatic rings. The Morgan fingerprint density at radius 1 is 1.33 bits per heavy atom. The van der Waals surface area contributed by atoms with E-state index in [2.05, 4.69) is 13.0 Å². The van der Waals surface area contributed by atoms with Crippen molar-refractivity contribution in [3.63, 3.8) is 0 Å². The average molecular weight is 333 g/mol. The summed E-state index contributed by atoms with van der Waals surface area (Å²) < 4.78 is 5.50. The number of fused-ring (bicyclic) bond motifs is 1. The Morgan fingerprint density at radius 3 is 2.62 bits per heavy atom. The van der Waals surface area contributed by atoms with Crippen molar-refractivity contribution in [3.8, 4) is 0 Å². The van der Waals surface area contributed by atoms with Gasteiger partial charge >= 0.3 is 12.1 Å². The fraction of sp³-hybridized carbons (Fsp3) is 0.579. The molecule has 0 aromatic heterocycles. The summed E-state index contributed by atoms with van der Waals surface area (Å²) in [6.45, 7) is 8.11. The van der Waals surface area contributed by atoms with Crippen molar-refractivity contribution in [1.82, 2.24) is 0 Å². The zero-order valence-electron chi connectivity index (χ0n) is 15.0. The Hall–Kier alpha value is -2.04. The van der Waals surface area contributed by atoms with Crippen LogP contribution in [0, 0.1) is 0 Å². The Labute approximate surface area is 143 Å². The maximum absolute atomic E-state index is 12.5. The number of carboxylic acids is 1. The molecular weight excluding hydrogens is 306 g/mol. The topological polar surface area (TPSA) is 66.8 Å². The first-order chi connectivity index (χ1) is 11.2. The maximum Gasteiger partial charge on any atom is 0.414 e. The van der Waals surface area contributed by atoms with Gasteiger partial charge in [-0.15, -0.1) is 0 Å². The van der Waals surface area contributed by atoms with Crippen molar-refractivity contribution in [2.24, 2.45) is 0 Å². The van der Waals surface area contributed by atoms with Gasteiger partial charge in [0.1, 0.15) is 5.60 Å². The number of hydrogen-bond acceptors (Lipinski definition) is 3. The fourth-order valence-electron chi connectivity index (χ4n) is 3.11. The minimum atomic E-state index is -0.808. The SMILES string of the molecule is CCCc1ccc2c(c1)C(CC(=O)O)CCN2C(=O)OC(C)(C)C. The summed E-state index contributed by atoms with van der Waals surface area (Å²) in [7, 11) is 0. The van der Waals surface area contributed by atoms with Crippen molar-refractivity contribution in [2.45, 2.75) is 64.9 Å². The molecule has 1 aromatic carbocycles. The molecule has 5 nitrogen and oxygen atoms in total. The highest BCUT2D eigenvalue weighted by Gasteiger charge is 2.32. The van der Waals surface area contributed by atoms with Crippen LogP contribution < -0.4 is 4.90 Å². The van der Waals surface area contributed by atoms with Crippen molar-refractivity contribution >= 4 is 17.7 Å². The molecular formula is C19H27NO4. The molecule has 1 amide bonds. The van der Waals surface area contributed by atoms with E-state index in [4.69, 9.17) is 4.74 Å². The lowest BCUT2D eigenvalue weighted by molar-refractivity contribution is -0.137. The number of ether oxygens (including phenoxy) is 1. The van der Waals surface area contributed by atoms with Crippen LogP contribution in [0.1, 0.15) is 64.0 Å². The normalized spacial score (nSPS) is 17.3. The summed E-state index contributed by atoms with van der Waals surface area (Å²) in [4.78, 5) is 25.3. The van der Waals surface area contributed by atoms with Gasteiger partial charge in [-0.25, -0.2) is 4.79 Å². The molecule has 1 atom stereocenters. The molecule has 0 bridgehead atoms. The highest BCUT2D eigenvalue weighted by atomic mass is 16.6. The average Bonchev–Trinajstić information content (AvgIpc) is 2.45. The third-order valence-electron chi connectivity index (χ3n) is 4.10. The van der Waals surface area contributed by atoms with Crippen LogP contribution in [0.2, 0.25) is 0 Å². The molecule has 1 aliphatic heterocycles. The maximum atomic E-state index is 12.5. The predicted octanol–water partition coefficient (Wildman–Crippen LogP) is 4.34. The minimum Gasteiger partial charge on any atom is -0.481 e. The number of carboxylic acid groups (broad SMARTS) is 1. The highest BCUT2D eigenvalue weighted by molar-refractivity contribution is 5.90. The summed E-state index contributed by atoms with van der Waals surface area (Å²) in [5.74, 6) is -0.870. The van der Waals surface area contributed by atoms with Crippen molar-refractivity contribution in [2.75, 3.05) is 11.4 Å². The van der Waals surface area contributed by atoms with Crippen molar-refractivity contribution in [3.05, 3.63) is 29.3 Å². The molecule has 132 valence electrons. The number of amides is 1. The Balaban J connectivity index is 2.35. The number of nitrogens with zero attached hydrogens (tertiary/aromatic N) is 1. The van der Waals surface area contributed by atoms with Gasteiger partial charge in [0, 0.05) is 6.54 Å². The van der Waals surface area contributed by atoms with Crippen molar-refractivity contribution in [1.29, 1.82) is 0 Å². The number of rotatable bonds is 4. The zero-order chi connectivity index (χ0) is 17.9. The first-order valence-electron chi connectivity index (χ1n) is 8.56. The van der Waals surface area contributed by atoms with Gasteiger partial charge in [0.25, 0.3) is 0 Å². The van der Waals surface area contributed by atoms with E-state index in [0.717, 1.165) is 24.1 Å². The van der Waals surface area contributed by atoms with Gasteiger partial charge in [-0.05, 0) is 56.7 Å². The number of benzene rings is 1. The number of aliphatic carboxylic acids is 1. The molecule has 24 heavy (non-hydrogen) atoms. The van der Waals surface area contributed by atoms with E-state index in [1.54, 1.807) is 4.90 Å². The standard InChI is InChI=1S/C19H27NO4/c1-5-6-13-7-8-16-15(11-13)14(12-17(21)22)9-10-20(16)18(23)24-19(2,3)4/h7-8,11,14H,5-6,9-10,12H2,1-4H3,(H,21,22). The molecule has 0 saturated carbocycles. The van der Waals surface area contributed by atoms with E-state index in [0.29, 0.717) is 13.0 Å². The number of hydrogen-bond donors (Lipinski definition) is 1. The molecule has 1 heterocycles. The zero-order valence-corrected chi connectivity index (χ0v) is 15.0. The summed E-state index contributed by atoms with van der Waals surface area (Å²) in [6.07, 6.45) is 2.32. The lowest BCUT2D eigenvalue weighted by atomic mass is 9.86. The predicted molar refractivity (Wildman–Crippen MR) is 93.6 cm³/mol. The summed E-state index contributed by atoms with van der Waals surface area (Å²) >= 11 is 0. The fourth-order valence-corrected chi connectivity index (χ4v) is 3.11. The molecule has 0 aliphatic carbocycles. The minimum absolute atomic E-state index is 0.0620. The largest absolute Gasteiger partial charge is 0.481 e. The lowest BCUT2D eigenvalue weighted by Gasteiger charge is -2.35. The monoisotopic (exact) mass is 333 g/mol. The molecule has 0 saturated heterocycles. The second-order valence-corrected chi connectivity index (χ2v) is 7.36. The first kappa shape index (κ1) is 18.3. The van der Waals surface area contributed by atoms with Gasteiger partial charge in [-0.3, -0.25) is 9.69 Å². The van der Waals surface area contributed by atoms with Crippen LogP contribution in [0.3, 0.4) is 0 Å². The lowest BCUT2D eigenvalue weighted by Crippen LogP contribution is -2.40. The van der Waals surface area contributed by atoms with Gasteiger partial charge in [0.2, 0.25) is 0 Å². The second kappa shape index (κ2) is 7.24. The quantitative estimate of drug-likeness (QED) is 0.890.